The van der Waals surface area contributed by atoms with Gasteiger partial charge in [-0.3, -0.25) is 0 Å². The van der Waals surface area contributed by atoms with Gasteiger partial charge in [-0.15, -0.1) is 0 Å². The summed E-state index contributed by atoms with van der Waals surface area (Å²) >= 11 is 0. The third-order valence-electron chi connectivity index (χ3n) is 3.58. The van der Waals surface area contributed by atoms with Crippen LogP contribution in [0, 0.1) is 6.92 Å². The molecule has 0 spiro atoms. The monoisotopic (exact) mass is 263 g/mol. The van der Waals surface area contributed by atoms with Gasteiger partial charge in [0.15, 0.2) is 0 Å². The second-order valence-electron chi connectivity index (χ2n) is 6.52. The summed E-state index contributed by atoms with van der Waals surface area (Å²) in [5, 5.41) is 0. The zero-order valence-electron chi connectivity index (χ0n) is 13.3. The minimum Gasteiger partial charge on any atom is -0.496 e. The van der Waals surface area contributed by atoms with E-state index in [0.717, 1.165) is 25.0 Å². The van der Waals surface area contributed by atoms with Crippen LogP contribution in [-0.2, 0) is 6.42 Å². The van der Waals surface area contributed by atoms with E-state index in [9.17, 15) is 0 Å². The highest BCUT2D eigenvalue weighted by Crippen LogP contribution is 2.30. The van der Waals surface area contributed by atoms with E-state index in [2.05, 4.69) is 46.8 Å². The fourth-order valence-corrected chi connectivity index (χ4v) is 2.38. The fourth-order valence-electron chi connectivity index (χ4n) is 2.38. The highest BCUT2D eigenvalue weighted by Gasteiger charge is 2.13. The molecule has 0 bridgehead atoms. The van der Waals surface area contributed by atoms with Crippen molar-refractivity contribution in [3.8, 4) is 5.75 Å². The van der Waals surface area contributed by atoms with Crippen LogP contribution in [0.2, 0.25) is 0 Å². The average Bonchev–Trinajstić information content (AvgIpc) is 2.28. The van der Waals surface area contributed by atoms with E-state index in [-0.39, 0.29) is 5.54 Å². The van der Waals surface area contributed by atoms with Crippen LogP contribution in [-0.4, -0.2) is 12.6 Å². The van der Waals surface area contributed by atoms with Crippen LogP contribution in [0.25, 0.3) is 0 Å². The zero-order chi connectivity index (χ0) is 14.6. The lowest BCUT2D eigenvalue weighted by Crippen LogP contribution is -2.31. The first-order valence-corrected chi connectivity index (χ1v) is 7.21. The Morgan fingerprint density at radius 2 is 1.89 bits per heavy atom. The van der Waals surface area contributed by atoms with Crippen LogP contribution in [0.1, 0.15) is 63.1 Å². The Morgan fingerprint density at radius 1 is 1.26 bits per heavy atom. The van der Waals surface area contributed by atoms with Crippen molar-refractivity contribution >= 4 is 0 Å². The molecule has 0 amide bonds. The molecular weight excluding hydrogens is 234 g/mol. The molecule has 108 valence electrons. The lowest BCUT2D eigenvalue weighted by atomic mass is 9.92. The van der Waals surface area contributed by atoms with Crippen LogP contribution in [0.3, 0.4) is 0 Å². The summed E-state index contributed by atoms with van der Waals surface area (Å²) in [5.74, 6) is 1.50. The number of hydrogen-bond donors (Lipinski definition) is 1. The van der Waals surface area contributed by atoms with Gasteiger partial charge in [0.2, 0.25) is 0 Å². The van der Waals surface area contributed by atoms with Crippen molar-refractivity contribution in [2.45, 2.75) is 65.3 Å². The summed E-state index contributed by atoms with van der Waals surface area (Å²) in [6.07, 6.45) is 3.28. The molecule has 1 aromatic carbocycles. The Morgan fingerprint density at radius 3 is 2.37 bits per heavy atom. The molecule has 0 saturated carbocycles. The van der Waals surface area contributed by atoms with Gasteiger partial charge in [-0.05, 0) is 68.7 Å². The molecule has 0 aliphatic heterocycles. The van der Waals surface area contributed by atoms with Gasteiger partial charge in [0.05, 0.1) is 7.11 Å². The van der Waals surface area contributed by atoms with Gasteiger partial charge < -0.3 is 10.5 Å². The molecule has 0 unspecified atom stereocenters. The minimum absolute atomic E-state index is 0.0682. The molecule has 2 heteroatoms. The predicted octanol–water partition coefficient (Wildman–Crippen LogP) is 4.19. The largest absolute Gasteiger partial charge is 0.496 e. The van der Waals surface area contributed by atoms with E-state index in [1.165, 1.54) is 16.7 Å². The SMILES string of the molecule is COc1cc(C)c(CCCC(C)(C)N)cc1C(C)C. The van der Waals surface area contributed by atoms with Crippen LogP contribution >= 0.6 is 0 Å². The summed E-state index contributed by atoms with van der Waals surface area (Å²) in [5.41, 5.74) is 10.0. The number of aryl methyl sites for hydroxylation is 2. The molecule has 0 heterocycles. The maximum atomic E-state index is 6.04. The van der Waals surface area contributed by atoms with Crippen molar-refractivity contribution in [2.24, 2.45) is 5.73 Å². The Balaban J connectivity index is 2.86. The Hall–Kier alpha value is -1.02. The Bertz CT molecular complexity index is 416. The van der Waals surface area contributed by atoms with E-state index in [4.69, 9.17) is 10.5 Å². The van der Waals surface area contributed by atoms with E-state index >= 15 is 0 Å². The molecule has 0 fully saturated rings. The molecule has 0 aliphatic rings. The second-order valence-corrected chi connectivity index (χ2v) is 6.52. The number of hydrogen-bond acceptors (Lipinski definition) is 2. The minimum atomic E-state index is -0.0682. The molecule has 0 aliphatic carbocycles. The lowest BCUT2D eigenvalue weighted by molar-refractivity contribution is 0.406. The van der Waals surface area contributed by atoms with Crippen molar-refractivity contribution in [3.05, 3.63) is 28.8 Å². The maximum absolute atomic E-state index is 6.04. The van der Waals surface area contributed by atoms with Gasteiger partial charge in [-0.25, -0.2) is 0 Å². The highest BCUT2D eigenvalue weighted by molar-refractivity contribution is 5.44. The average molecular weight is 263 g/mol. The first-order chi connectivity index (χ1) is 8.74. The molecule has 0 aromatic heterocycles. The van der Waals surface area contributed by atoms with Gasteiger partial charge in [-0.2, -0.15) is 0 Å². The Labute approximate surface area is 118 Å². The van der Waals surface area contributed by atoms with Crippen molar-refractivity contribution in [2.75, 3.05) is 7.11 Å². The fraction of sp³-hybridized carbons (Fsp3) is 0.647. The zero-order valence-corrected chi connectivity index (χ0v) is 13.3. The third-order valence-corrected chi connectivity index (χ3v) is 3.58. The van der Waals surface area contributed by atoms with E-state index < -0.39 is 0 Å². The molecular formula is C17H29NO. The van der Waals surface area contributed by atoms with Gasteiger partial charge in [0, 0.05) is 5.54 Å². The lowest BCUT2D eigenvalue weighted by Gasteiger charge is -2.19. The molecule has 19 heavy (non-hydrogen) atoms. The summed E-state index contributed by atoms with van der Waals surface area (Å²) in [6.45, 7) is 10.8. The predicted molar refractivity (Wildman–Crippen MR) is 83.0 cm³/mol. The number of nitrogens with two attached hydrogens (primary N) is 1. The number of rotatable bonds is 6. The quantitative estimate of drug-likeness (QED) is 0.835. The highest BCUT2D eigenvalue weighted by atomic mass is 16.5. The first-order valence-electron chi connectivity index (χ1n) is 7.21. The van der Waals surface area contributed by atoms with E-state index in [1.54, 1.807) is 7.11 Å². The molecule has 2 nitrogen and oxygen atoms in total. The van der Waals surface area contributed by atoms with Crippen LogP contribution in [0.5, 0.6) is 5.75 Å². The molecule has 0 atom stereocenters. The number of ether oxygens (including phenoxy) is 1. The summed E-state index contributed by atoms with van der Waals surface area (Å²) in [6, 6.07) is 4.47. The topological polar surface area (TPSA) is 35.2 Å². The van der Waals surface area contributed by atoms with Gasteiger partial charge in [0.1, 0.15) is 5.75 Å². The number of benzene rings is 1. The van der Waals surface area contributed by atoms with E-state index in [1.807, 2.05) is 0 Å². The van der Waals surface area contributed by atoms with Crippen molar-refractivity contribution < 1.29 is 4.74 Å². The van der Waals surface area contributed by atoms with Crippen LogP contribution < -0.4 is 10.5 Å². The van der Waals surface area contributed by atoms with Crippen LogP contribution in [0.4, 0.5) is 0 Å². The Kier molecular flexibility index (Phi) is 5.42. The van der Waals surface area contributed by atoms with Crippen molar-refractivity contribution in [1.82, 2.24) is 0 Å². The third kappa shape index (κ3) is 4.87. The second kappa shape index (κ2) is 6.42. The molecule has 2 N–H and O–H groups in total. The summed E-state index contributed by atoms with van der Waals surface area (Å²) < 4.78 is 5.48. The molecule has 0 saturated heterocycles. The normalized spacial score (nSPS) is 12.0. The summed E-state index contributed by atoms with van der Waals surface area (Å²) in [4.78, 5) is 0. The standard InChI is InChI=1S/C17H29NO/c1-12(2)15-11-14(8-7-9-17(4,5)18)13(3)10-16(15)19-6/h10-12H,7-9,18H2,1-6H3. The first kappa shape index (κ1) is 16.0. The molecule has 1 rings (SSSR count). The van der Waals surface area contributed by atoms with Crippen molar-refractivity contribution in [3.63, 3.8) is 0 Å². The maximum Gasteiger partial charge on any atom is 0.122 e. The molecule has 0 radical (unpaired) electrons. The number of methoxy groups -OCH3 is 1. The van der Waals surface area contributed by atoms with Crippen molar-refractivity contribution in [1.29, 1.82) is 0 Å². The molecule has 1 aromatic rings. The van der Waals surface area contributed by atoms with Crippen LogP contribution in [0.15, 0.2) is 12.1 Å². The van der Waals surface area contributed by atoms with Gasteiger partial charge in [0.25, 0.3) is 0 Å². The van der Waals surface area contributed by atoms with E-state index in [0.29, 0.717) is 5.92 Å². The summed E-state index contributed by atoms with van der Waals surface area (Å²) in [7, 11) is 1.75. The van der Waals surface area contributed by atoms with Gasteiger partial charge >= 0.3 is 0 Å². The van der Waals surface area contributed by atoms with Gasteiger partial charge in [-0.1, -0.05) is 19.9 Å². The smallest absolute Gasteiger partial charge is 0.122 e.